The summed E-state index contributed by atoms with van der Waals surface area (Å²) in [7, 11) is 0. The minimum absolute atomic E-state index is 0.108. The number of aryl methyl sites for hydroxylation is 1. The SMILES string of the molecule is CCOC(=O)C1=C(CC)NC2=C(C(=O)CC(C)(C)C2)C1c1ccc(-c2ccc(C)cc2)cc1. The zero-order chi connectivity index (χ0) is 23.8. The fraction of sp³-hybridized carbons (Fsp3) is 0.379. The Hall–Kier alpha value is -3.14. The molecule has 0 bridgehead atoms. The molecule has 1 unspecified atom stereocenters. The van der Waals surface area contributed by atoms with Gasteiger partial charge >= 0.3 is 5.97 Å². The van der Waals surface area contributed by atoms with Crippen LogP contribution in [0.2, 0.25) is 0 Å². The summed E-state index contributed by atoms with van der Waals surface area (Å²) in [4.78, 5) is 26.5. The number of nitrogens with one attached hydrogen (secondary N) is 1. The summed E-state index contributed by atoms with van der Waals surface area (Å²) >= 11 is 0. The summed E-state index contributed by atoms with van der Waals surface area (Å²) in [5, 5.41) is 3.46. The topological polar surface area (TPSA) is 55.4 Å². The molecule has 0 spiro atoms. The number of benzene rings is 2. The van der Waals surface area contributed by atoms with Gasteiger partial charge in [-0.15, -0.1) is 0 Å². The van der Waals surface area contributed by atoms with Crippen molar-refractivity contribution < 1.29 is 14.3 Å². The third-order valence-corrected chi connectivity index (χ3v) is 6.60. The van der Waals surface area contributed by atoms with Crippen molar-refractivity contribution in [2.24, 2.45) is 5.41 Å². The number of hydrogen-bond acceptors (Lipinski definition) is 4. The normalized spacial score (nSPS) is 19.8. The van der Waals surface area contributed by atoms with Crippen LogP contribution in [0.1, 0.15) is 64.0 Å². The molecule has 33 heavy (non-hydrogen) atoms. The van der Waals surface area contributed by atoms with Gasteiger partial charge in [0.15, 0.2) is 5.78 Å². The van der Waals surface area contributed by atoms with Crippen molar-refractivity contribution in [3.63, 3.8) is 0 Å². The number of dihydropyridines is 1. The summed E-state index contributed by atoms with van der Waals surface area (Å²) < 4.78 is 5.45. The van der Waals surface area contributed by atoms with Gasteiger partial charge in [0, 0.05) is 29.3 Å². The Kier molecular flexibility index (Phi) is 6.29. The lowest BCUT2D eigenvalue weighted by Gasteiger charge is -2.40. The second-order valence-electron chi connectivity index (χ2n) is 9.85. The quantitative estimate of drug-likeness (QED) is 0.558. The predicted octanol–water partition coefficient (Wildman–Crippen LogP) is 6.22. The molecule has 172 valence electrons. The van der Waals surface area contributed by atoms with E-state index in [1.807, 2.05) is 13.8 Å². The lowest BCUT2D eigenvalue weighted by Crippen LogP contribution is -2.39. The molecule has 0 saturated carbocycles. The maximum Gasteiger partial charge on any atom is 0.336 e. The van der Waals surface area contributed by atoms with Crippen molar-refractivity contribution in [2.75, 3.05) is 6.61 Å². The number of ether oxygens (including phenoxy) is 1. The third kappa shape index (κ3) is 4.52. The first kappa shape index (κ1) is 23.0. The number of ketones is 1. The predicted molar refractivity (Wildman–Crippen MR) is 131 cm³/mol. The number of allylic oxidation sites excluding steroid dienone is 3. The van der Waals surface area contributed by atoms with Gasteiger partial charge in [-0.25, -0.2) is 4.79 Å². The van der Waals surface area contributed by atoms with Crippen molar-refractivity contribution in [3.05, 3.63) is 82.2 Å². The maximum atomic E-state index is 13.4. The summed E-state index contributed by atoms with van der Waals surface area (Å²) in [5.74, 6) is -0.650. The van der Waals surface area contributed by atoms with E-state index in [2.05, 4.69) is 74.6 Å². The summed E-state index contributed by atoms with van der Waals surface area (Å²) in [6.45, 7) is 10.5. The van der Waals surface area contributed by atoms with Gasteiger partial charge < -0.3 is 10.1 Å². The fourth-order valence-electron chi connectivity index (χ4n) is 5.03. The highest BCUT2D eigenvalue weighted by Gasteiger charge is 2.43. The highest BCUT2D eigenvalue weighted by Crippen LogP contribution is 2.47. The summed E-state index contributed by atoms with van der Waals surface area (Å²) in [5.41, 5.74) is 7.40. The third-order valence-electron chi connectivity index (χ3n) is 6.60. The number of carbonyl (C=O) groups excluding carboxylic acids is 2. The van der Waals surface area contributed by atoms with Crippen LogP contribution in [0.5, 0.6) is 0 Å². The van der Waals surface area contributed by atoms with Crippen molar-refractivity contribution in [1.82, 2.24) is 5.32 Å². The molecule has 0 radical (unpaired) electrons. The zero-order valence-corrected chi connectivity index (χ0v) is 20.2. The number of hydrogen-bond donors (Lipinski definition) is 1. The first-order valence-corrected chi connectivity index (χ1v) is 11.8. The van der Waals surface area contributed by atoms with Crippen LogP contribution in [-0.4, -0.2) is 18.4 Å². The van der Waals surface area contributed by atoms with E-state index in [0.29, 0.717) is 25.0 Å². The standard InChI is InChI=1S/C29H33NO3/c1-6-22-27(28(32)33-7-2)25(26-23(30-22)16-29(4,5)17-24(26)31)21-14-12-20(13-15-21)19-10-8-18(3)9-11-19/h8-15,25,30H,6-7,16-17H2,1-5H3. The van der Waals surface area contributed by atoms with E-state index in [1.54, 1.807) is 0 Å². The van der Waals surface area contributed by atoms with E-state index in [-0.39, 0.29) is 17.2 Å². The monoisotopic (exact) mass is 443 g/mol. The molecule has 1 N–H and O–H groups in total. The average molecular weight is 444 g/mol. The molecule has 0 saturated heterocycles. The lowest BCUT2D eigenvalue weighted by atomic mass is 9.68. The Balaban J connectivity index is 1.83. The van der Waals surface area contributed by atoms with Gasteiger partial charge in [-0.2, -0.15) is 0 Å². The zero-order valence-electron chi connectivity index (χ0n) is 20.2. The minimum atomic E-state index is -0.411. The van der Waals surface area contributed by atoms with E-state index in [1.165, 1.54) is 5.56 Å². The van der Waals surface area contributed by atoms with E-state index in [4.69, 9.17) is 4.74 Å². The second kappa shape index (κ2) is 9.01. The van der Waals surface area contributed by atoms with Crippen molar-refractivity contribution >= 4 is 11.8 Å². The van der Waals surface area contributed by atoms with Gasteiger partial charge in [0.25, 0.3) is 0 Å². The molecule has 4 rings (SSSR count). The van der Waals surface area contributed by atoms with Gasteiger partial charge in [-0.1, -0.05) is 74.9 Å². The van der Waals surface area contributed by atoms with E-state index < -0.39 is 5.92 Å². The minimum Gasteiger partial charge on any atom is -0.463 e. The molecule has 0 amide bonds. The van der Waals surface area contributed by atoms with Crippen LogP contribution in [0.3, 0.4) is 0 Å². The second-order valence-corrected chi connectivity index (χ2v) is 9.85. The van der Waals surface area contributed by atoms with Crippen LogP contribution in [-0.2, 0) is 14.3 Å². The fourth-order valence-corrected chi connectivity index (χ4v) is 5.03. The number of carbonyl (C=O) groups is 2. The Bertz CT molecular complexity index is 1130. The van der Waals surface area contributed by atoms with E-state index in [9.17, 15) is 9.59 Å². The Labute approximate surface area is 196 Å². The summed E-state index contributed by atoms with van der Waals surface area (Å²) in [6, 6.07) is 16.7. The number of rotatable bonds is 5. The molecule has 2 aliphatic rings. The molecule has 0 aromatic heterocycles. The van der Waals surface area contributed by atoms with Gasteiger partial charge in [0.05, 0.1) is 12.2 Å². The molecule has 4 nitrogen and oxygen atoms in total. The van der Waals surface area contributed by atoms with Crippen molar-refractivity contribution in [2.45, 2.75) is 59.8 Å². The molecule has 2 aromatic rings. The van der Waals surface area contributed by atoms with Gasteiger partial charge in [0.1, 0.15) is 0 Å². The molecule has 1 heterocycles. The smallest absolute Gasteiger partial charge is 0.336 e. The Morgan fingerprint density at radius 3 is 2.18 bits per heavy atom. The molecule has 1 aliphatic carbocycles. The van der Waals surface area contributed by atoms with Gasteiger partial charge in [-0.05, 0) is 48.8 Å². The van der Waals surface area contributed by atoms with Crippen LogP contribution >= 0.6 is 0 Å². The van der Waals surface area contributed by atoms with Crippen LogP contribution < -0.4 is 5.32 Å². The molecule has 4 heteroatoms. The van der Waals surface area contributed by atoms with Crippen LogP contribution in [0.15, 0.2) is 71.1 Å². The number of esters is 1. The highest BCUT2D eigenvalue weighted by molar-refractivity contribution is 6.04. The van der Waals surface area contributed by atoms with Crippen molar-refractivity contribution in [3.8, 4) is 11.1 Å². The molecular weight excluding hydrogens is 410 g/mol. The van der Waals surface area contributed by atoms with Crippen LogP contribution in [0, 0.1) is 12.3 Å². The highest BCUT2D eigenvalue weighted by atomic mass is 16.5. The Morgan fingerprint density at radius 1 is 1.00 bits per heavy atom. The number of Topliss-reactive ketones (excluding diaryl/α,β-unsaturated/α-hetero) is 1. The van der Waals surface area contributed by atoms with Crippen LogP contribution in [0.4, 0.5) is 0 Å². The van der Waals surface area contributed by atoms with Crippen molar-refractivity contribution in [1.29, 1.82) is 0 Å². The largest absolute Gasteiger partial charge is 0.463 e. The average Bonchev–Trinajstić information content (AvgIpc) is 2.77. The molecule has 2 aromatic carbocycles. The maximum absolute atomic E-state index is 13.4. The molecule has 0 fully saturated rings. The van der Waals surface area contributed by atoms with E-state index in [0.717, 1.165) is 40.1 Å². The van der Waals surface area contributed by atoms with E-state index >= 15 is 0 Å². The Morgan fingerprint density at radius 2 is 1.61 bits per heavy atom. The molecule has 1 aliphatic heterocycles. The lowest BCUT2D eigenvalue weighted by molar-refractivity contribution is -0.138. The molecular formula is C29H33NO3. The van der Waals surface area contributed by atoms with Gasteiger partial charge in [0.2, 0.25) is 0 Å². The van der Waals surface area contributed by atoms with Crippen LogP contribution in [0.25, 0.3) is 11.1 Å². The van der Waals surface area contributed by atoms with Gasteiger partial charge in [-0.3, -0.25) is 4.79 Å². The molecule has 1 atom stereocenters. The first-order chi connectivity index (χ1) is 15.7. The summed E-state index contributed by atoms with van der Waals surface area (Å²) in [6.07, 6.45) is 1.92. The first-order valence-electron chi connectivity index (χ1n) is 11.8.